The van der Waals surface area contributed by atoms with Crippen LogP contribution < -0.4 is 0 Å². The molecule has 14 heavy (non-hydrogen) atoms. The molecule has 0 saturated carbocycles. The summed E-state index contributed by atoms with van der Waals surface area (Å²) < 4.78 is 0. The Morgan fingerprint density at radius 2 is 2.29 bits per heavy atom. The van der Waals surface area contributed by atoms with Crippen molar-refractivity contribution in [3.05, 3.63) is 29.6 Å². The first-order valence-electron chi connectivity index (χ1n) is 4.73. The highest BCUT2D eigenvalue weighted by Crippen LogP contribution is 2.08. The summed E-state index contributed by atoms with van der Waals surface area (Å²) in [5, 5.41) is 8.60. The van der Waals surface area contributed by atoms with Gasteiger partial charge in [0.15, 0.2) is 0 Å². The number of carboxylic acids is 1. The molecule has 3 nitrogen and oxygen atoms in total. The molecule has 1 heterocycles. The Morgan fingerprint density at radius 3 is 2.86 bits per heavy atom. The lowest BCUT2D eigenvalue weighted by Gasteiger charge is -2.05. The molecular formula is C11H15NO2. The van der Waals surface area contributed by atoms with Gasteiger partial charge in [0.2, 0.25) is 0 Å². The summed E-state index contributed by atoms with van der Waals surface area (Å²) in [5.41, 5.74) is 1.79. The average Bonchev–Trinajstić information content (AvgIpc) is 2.01. The molecule has 0 amide bonds. The van der Waals surface area contributed by atoms with Crippen LogP contribution in [0.15, 0.2) is 18.3 Å². The molecule has 1 aromatic rings. The van der Waals surface area contributed by atoms with Gasteiger partial charge in [0.1, 0.15) is 0 Å². The fourth-order valence-electron chi connectivity index (χ4n) is 1.38. The smallest absolute Gasteiger partial charge is 0.309 e. The van der Waals surface area contributed by atoms with E-state index in [9.17, 15) is 4.79 Å². The fourth-order valence-corrected chi connectivity index (χ4v) is 1.38. The van der Waals surface area contributed by atoms with Crippen molar-refractivity contribution in [2.75, 3.05) is 0 Å². The van der Waals surface area contributed by atoms with Gasteiger partial charge in [-0.05, 0) is 30.0 Å². The molecule has 1 N–H and O–H groups in total. The predicted octanol–water partition coefficient (Wildman–Crippen LogP) is 1.91. The fraction of sp³-hybridized carbons (Fsp3) is 0.455. The number of aliphatic carboxylic acids is 1. The van der Waals surface area contributed by atoms with Gasteiger partial charge in [-0.2, -0.15) is 0 Å². The maximum absolute atomic E-state index is 10.5. The zero-order chi connectivity index (χ0) is 10.6. The number of carbonyl (C=O) groups is 1. The van der Waals surface area contributed by atoms with Gasteiger partial charge in [0.25, 0.3) is 0 Å². The Balaban J connectivity index is 2.73. The van der Waals surface area contributed by atoms with Crippen molar-refractivity contribution >= 4 is 5.97 Å². The van der Waals surface area contributed by atoms with Crippen LogP contribution in [-0.2, 0) is 17.6 Å². The van der Waals surface area contributed by atoms with Gasteiger partial charge in [-0.25, -0.2) is 0 Å². The second-order valence-electron chi connectivity index (χ2n) is 3.82. The average molecular weight is 193 g/mol. The molecule has 0 bridgehead atoms. The zero-order valence-corrected chi connectivity index (χ0v) is 8.53. The molecule has 1 aromatic heterocycles. The molecule has 0 spiro atoms. The highest BCUT2D eigenvalue weighted by molar-refractivity contribution is 5.69. The summed E-state index contributed by atoms with van der Waals surface area (Å²) in [6.45, 7) is 4.27. The van der Waals surface area contributed by atoms with Crippen LogP contribution in [0.1, 0.15) is 25.1 Å². The highest BCUT2D eigenvalue weighted by atomic mass is 16.4. The topological polar surface area (TPSA) is 50.2 Å². The van der Waals surface area contributed by atoms with Crippen LogP contribution in [-0.4, -0.2) is 16.1 Å². The minimum Gasteiger partial charge on any atom is -0.481 e. The predicted molar refractivity (Wildman–Crippen MR) is 54.1 cm³/mol. The largest absolute Gasteiger partial charge is 0.481 e. The number of pyridine rings is 1. The molecule has 3 heteroatoms. The molecule has 0 atom stereocenters. The van der Waals surface area contributed by atoms with Crippen LogP contribution in [0, 0.1) is 5.92 Å². The van der Waals surface area contributed by atoms with E-state index < -0.39 is 5.97 Å². The van der Waals surface area contributed by atoms with Crippen molar-refractivity contribution in [2.45, 2.75) is 26.7 Å². The van der Waals surface area contributed by atoms with Gasteiger partial charge < -0.3 is 5.11 Å². The molecule has 0 fully saturated rings. The van der Waals surface area contributed by atoms with Crippen molar-refractivity contribution in [2.24, 2.45) is 5.92 Å². The highest BCUT2D eigenvalue weighted by Gasteiger charge is 2.03. The number of hydrogen-bond donors (Lipinski definition) is 1. The summed E-state index contributed by atoms with van der Waals surface area (Å²) in [5.74, 6) is -0.255. The maximum atomic E-state index is 10.5. The Hall–Kier alpha value is -1.38. The van der Waals surface area contributed by atoms with Gasteiger partial charge in [0, 0.05) is 6.20 Å². The number of hydrogen-bond acceptors (Lipinski definition) is 2. The first-order chi connectivity index (χ1) is 6.58. The van der Waals surface area contributed by atoms with E-state index in [0.29, 0.717) is 11.6 Å². The van der Waals surface area contributed by atoms with Crippen molar-refractivity contribution < 1.29 is 9.90 Å². The van der Waals surface area contributed by atoms with E-state index in [2.05, 4.69) is 18.8 Å². The van der Waals surface area contributed by atoms with E-state index in [1.165, 1.54) is 0 Å². The molecule has 0 aliphatic carbocycles. The first kappa shape index (κ1) is 10.7. The van der Waals surface area contributed by atoms with Gasteiger partial charge in [-0.1, -0.05) is 13.8 Å². The Kier molecular flexibility index (Phi) is 3.63. The summed E-state index contributed by atoms with van der Waals surface area (Å²) in [6, 6.07) is 3.81. The van der Waals surface area contributed by atoms with Crippen LogP contribution in [0.4, 0.5) is 0 Å². The lowest BCUT2D eigenvalue weighted by Crippen LogP contribution is -2.03. The van der Waals surface area contributed by atoms with E-state index in [-0.39, 0.29) is 6.42 Å². The zero-order valence-electron chi connectivity index (χ0n) is 8.53. The van der Waals surface area contributed by atoms with Gasteiger partial charge >= 0.3 is 5.97 Å². The van der Waals surface area contributed by atoms with E-state index in [0.717, 1.165) is 12.0 Å². The molecule has 1 rings (SSSR count). The van der Waals surface area contributed by atoms with Gasteiger partial charge in [-0.15, -0.1) is 0 Å². The summed E-state index contributed by atoms with van der Waals surface area (Å²) in [6.07, 6.45) is 2.65. The monoisotopic (exact) mass is 193 g/mol. The normalized spacial score (nSPS) is 10.5. The number of carboxylic acid groups (broad SMARTS) is 1. The summed E-state index contributed by atoms with van der Waals surface area (Å²) >= 11 is 0. The number of rotatable bonds is 4. The second-order valence-corrected chi connectivity index (χ2v) is 3.82. The second kappa shape index (κ2) is 4.74. The minimum atomic E-state index is -0.834. The van der Waals surface area contributed by atoms with Crippen molar-refractivity contribution in [3.63, 3.8) is 0 Å². The number of aromatic nitrogens is 1. The third-order valence-electron chi connectivity index (χ3n) is 1.86. The molecular weight excluding hydrogens is 178 g/mol. The Labute approximate surface area is 83.8 Å². The van der Waals surface area contributed by atoms with Crippen molar-refractivity contribution in [1.82, 2.24) is 4.98 Å². The quantitative estimate of drug-likeness (QED) is 0.794. The van der Waals surface area contributed by atoms with E-state index in [1.54, 1.807) is 6.20 Å². The Morgan fingerprint density at radius 1 is 1.57 bits per heavy atom. The summed E-state index contributed by atoms with van der Waals surface area (Å²) in [7, 11) is 0. The van der Waals surface area contributed by atoms with E-state index >= 15 is 0 Å². The van der Waals surface area contributed by atoms with Gasteiger partial charge in [0.05, 0.1) is 12.1 Å². The standard InChI is InChI=1S/C11H15NO2/c1-8(2)5-9-3-4-12-10(6-9)7-11(13)14/h3-4,6,8H,5,7H2,1-2H3,(H,13,14). The van der Waals surface area contributed by atoms with Crippen LogP contribution in [0.25, 0.3) is 0 Å². The van der Waals surface area contributed by atoms with Crippen LogP contribution >= 0.6 is 0 Å². The van der Waals surface area contributed by atoms with Gasteiger partial charge in [-0.3, -0.25) is 9.78 Å². The molecule has 0 aromatic carbocycles. The Bertz CT molecular complexity index is 321. The number of nitrogens with zero attached hydrogens (tertiary/aromatic N) is 1. The molecule has 0 saturated heterocycles. The van der Waals surface area contributed by atoms with Crippen LogP contribution in [0.5, 0.6) is 0 Å². The first-order valence-corrected chi connectivity index (χ1v) is 4.73. The molecule has 0 radical (unpaired) electrons. The molecule has 0 aliphatic rings. The lowest BCUT2D eigenvalue weighted by molar-refractivity contribution is -0.136. The molecule has 0 unspecified atom stereocenters. The SMILES string of the molecule is CC(C)Cc1ccnc(CC(=O)O)c1. The van der Waals surface area contributed by atoms with E-state index in [4.69, 9.17) is 5.11 Å². The maximum Gasteiger partial charge on any atom is 0.309 e. The minimum absolute atomic E-state index is 0.00589. The van der Waals surface area contributed by atoms with Crippen molar-refractivity contribution in [1.29, 1.82) is 0 Å². The molecule has 0 aliphatic heterocycles. The summed E-state index contributed by atoms with van der Waals surface area (Å²) in [4.78, 5) is 14.5. The molecule has 76 valence electrons. The van der Waals surface area contributed by atoms with E-state index in [1.807, 2.05) is 12.1 Å². The van der Waals surface area contributed by atoms with Crippen LogP contribution in [0.3, 0.4) is 0 Å². The third kappa shape index (κ3) is 3.56. The third-order valence-corrected chi connectivity index (χ3v) is 1.86. The van der Waals surface area contributed by atoms with Crippen LogP contribution in [0.2, 0.25) is 0 Å². The lowest BCUT2D eigenvalue weighted by atomic mass is 10.0. The van der Waals surface area contributed by atoms with Crippen molar-refractivity contribution in [3.8, 4) is 0 Å².